The van der Waals surface area contributed by atoms with Gasteiger partial charge in [-0.25, -0.2) is 4.79 Å². The van der Waals surface area contributed by atoms with E-state index in [4.69, 9.17) is 14.2 Å². The number of urea groups is 1. The van der Waals surface area contributed by atoms with Crippen molar-refractivity contribution < 1.29 is 28.9 Å². The highest BCUT2D eigenvalue weighted by Gasteiger charge is 2.20. The summed E-state index contributed by atoms with van der Waals surface area (Å²) in [6.45, 7) is 0.141. The summed E-state index contributed by atoms with van der Waals surface area (Å²) in [5.41, 5.74) is -0.343. The van der Waals surface area contributed by atoms with Crippen LogP contribution >= 0.6 is 0 Å². The zero-order valence-electron chi connectivity index (χ0n) is 16.4. The van der Waals surface area contributed by atoms with E-state index in [2.05, 4.69) is 5.32 Å². The van der Waals surface area contributed by atoms with Gasteiger partial charge in [-0.3, -0.25) is 20.2 Å². The van der Waals surface area contributed by atoms with Crippen LogP contribution < -0.4 is 10.1 Å². The SMILES string of the molecule is COC(CN(C)C(=O)Nc1ccc(Oc2ccc([N+](=O)[O-])cc2)c([N+](=O)[O-])c1)OC. The smallest absolute Gasteiger partial charge is 0.321 e. The van der Waals surface area contributed by atoms with Crippen molar-refractivity contribution in [3.8, 4) is 11.5 Å². The standard InChI is InChI=1S/C18H20N4O8/c1-20(11-17(28-2)29-3)18(23)19-12-4-9-16(15(10-12)22(26)27)30-14-7-5-13(6-8-14)21(24)25/h4-10,17H,11H2,1-3H3,(H,19,23). The molecule has 12 heteroatoms. The Hall–Kier alpha value is -3.77. The molecule has 0 fully saturated rings. The molecule has 0 aliphatic rings. The molecule has 0 aromatic heterocycles. The van der Waals surface area contributed by atoms with Crippen molar-refractivity contribution in [2.75, 3.05) is 33.1 Å². The molecule has 0 saturated heterocycles. The van der Waals surface area contributed by atoms with Crippen LogP contribution in [0.4, 0.5) is 21.9 Å². The summed E-state index contributed by atoms with van der Waals surface area (Å²) < 4.78 is 15.5. The first-order valence-corrected chi connectivity index (χ1v) is 8.53. The number of carbonyl (C=O) groups is 1. The Balaban J connectivity index is 2.15. The number of nitro benzene ring substituents is 2. The number of benzene rings is 2. The second kappa shape index (κ2) is 10.1. The molecular formula is C18H20N4O8. The quantitative estimate of drug-likeness (QED) is 0.369. The summed E-state index contributed by atoms with van der Waals surface area (Å²) in [4.78, 5) is 34.5. The molecule has 30 heavy (non-hydrogen) atoms. The van der Waals surface area contributed by atoms with E-state index in [1.165, 1.54) is 62.6 Å². The van der Waals surface area contributed by atoms with E-state index in [0.717, 1.165) is 6.07 Å². The normalized spacial score (nSPS) is 10.5. The molecule has 0 atom stereocenters. The fourth-order valence-electron chi connectivity index (χ4n) is 2.36. The highest BCUT2D eigenvalue weighted by molar-refractivity contribution is 5.89. The number of methoxy groups -OCH3 is 2. The molecular weight excluding hydrogens is 400 g/mol. The second-order valence-corrected chi connectivity index (χ2v) is 6.00. The maximum Gasteiger partial charge on any atom is 0.321 e. The number of hydrogen-bond donors (Lipinski definition) is 1. The van der Waals surface area contributed by atoms with E-state index >= 15 is 0 Å². The zero-order chi connectivity index (χ0) is 22.3. The van der Waals surface area contributed by atoms with Crippen molar-refractivity contribution in [3.63, 3.8) is 0 Å². The van der Waals surface area contributed by atoms with Crippen LogP contribution in [-0.2, 0) is 9.47 Å². The minimum absolute atomic E-state index is 0.0842. The first-order valence-electron chi connectivity index (χ1n) is 8.53. The number of non-ortho nitro benzene ring substituents is 1. The van der Waals surface area contributed by atoms with Gasteiger partial charge in [0.1, 0.15) is 5.75 Å². The summed E-state index contributed by atoms with van der Waals surface area (Å²) in [6, 6.07) is 8.48. The number of ether oxygens (including phenoxy) is 3. The number of anilines is 1. The van der Waals surface area contributed by atoms with Gasteiger partial charge in [0.15, 0.2) is 6.29 Å². The lowest BCUT2D eigenvalue weighted by molar-refractivity contribution is -0.385. The molecule has 1 N–H and O–H groups in total. The van der Waals surface area contributed by atoms with E-state index in [1.54, 1.807) is 0 Å². The van der Waals surface area contributed by atoms with Crippen LogP contribution in [0.1, 0.15) is 0 Å². The van der Waals surface area contributed by atoms with Crippen LogP contribution in [0.2, 0.25) is 0 Å². The number of rotatable bonds is 9. The van der Waals surface area contributed by atoms with Crippen LogP contribution in [0, 0.1) is 20.2 Å². The number of hydrogen-bond acceptors (Lipinski definition) is 8. The Morgan fingerprint density at radius 3 is 2.23 bits per heavy atom. The third kappa shape index (κ3) is 5.86. The predicted octanol–water partition coefficient (Wildman–Crippen LogP) is 3.38. The van der Waals surface area contributed by atoms with Crippen molar-refractivity contribution in [2.24, 2.45) is 0 Å². The molecule has 0 heterocycles. The fraction of sp³-hybridized carbons (Fsp3) is 0.278. The summed E-state index contributed by atoms with van der Waals surface area (Å²) in [5.74, 6) is 0.101. The van der Waals surface area contributed by atoms with Crippen molar-refractivity contribution in [1.29, 1.82) is 0 Å². The topological polar surface area (TPSA) is 146 Å². The van der Waals surface area contributed by atoms with Crippen LogP contribution in [0.25, 0.3) is 0 Å². The highest BCUT2D eigenvalue weighted by Crippen LogP contribution is 2.34. The molecule has 0 unspecified atom stereocenters. The van der Waals surface area contributed by atoms with Crippen LogP contribution in [0.15, 0.2) is 42.5 Å². The zero-order valence-corrected chi connectivity index (χ0v) is 16.4. The van der Waals surface area contributed by atoms with Gasteiger partial charge in [0.2, 0.25) is 5.75 Å². The molecule has 2 aromatic carbocycles. The molecule has 2 amide bonds. The van der Waals surface area contributed by atoms with Crippen LogP contribution in [0.3, 0.4) is 0 Å². The fourth-order valence-corrected chi connectivity index (χ4v) is 2.36. The Morgan fingerprint density at radius 2 is 1.70 bits per heavy atom. The highest BCUT2D eigenvalue weighted by atomic mass is 16.7. The van der Waals surface area contributed by atoms with E-state index in [0.29, 0.717) is 0 Å². The third-order valence-electron chi connectivity index (χ3n) is 3.98. The molecule has 0 spiro atoms. The van der Waals surface area contributed by atoms with Gasteiger partial charge in [0.05, 0.1) is 16.4 Å². The van der Waals surface area contributed by atoms with Crippen molar-refractivity contribution in [1.82, 2.24) is 4.90 Å². The van der Waals surface area contributed by atoms with Gasteiger partial charge < -0.3 is 24.4 Å². The van der Waals surface area contributed by atoms with Gasteiger partial charge in [-0.05, 0) is 24.3 Å². The van der Waals surface area contributed by atoms with Crippen molar-refractivity contribution >= 4 is 23.1 Å². The first kappa shape index (κ1) is 22.5. The van der Waals surface area contributed by atoms with Gasteiger partial charge >= 0.3 is 11.7 Å². The van der Waals surface area contributed by atoms with Gasteiger partial charge in [0, 0.05) is 45.2 Å². The minimum atomic E-state index is -0.661. The van der Waals surface area contributed by atoms with Gasteiger partial charge in [-0.15, -0.1) is 0 Å². The Bertz CT molecular complexity index is 915. The molecule has 160 valence electrons. The molecule has 0 radical (unpaired) electrons. The van der Waals surface area contributed by atoms with Gasteiger partial charge in [0.25, 0.3) is 5.69 Å². The van der Waals surface area contributed by atoms with Crippen LogP contribution in [0.5, 0.6) is 11.5 Å². The number of likely N-dealkylation sites (N-methyl/N-ethyl adjacent to an activating group) is 1. The van der Waals surface area contributed by atoms with Crippen LogP contribution in [-0.4, -0.2) is 54.9 Å². The molecule has 2 aromatic rings. The number of amides is 2. The van der Waals surface area contributed by atoms with Gasteiger partial charge in [-0.1, -0.05) is 0 Å². The van der Waals surface area contributed by atoms with E-state index in [9.17, 15) is 25.0 Å². The van der Waals surface area contributed by atoms with E-state index < -0.39 is 22.2 Å². The molecule has 0 saturated carbocycles. The second-order valence-electron chi connectivity index (χ2n) is 6.00. The van der Waals surface area contributed by atoms with Gasteiger partial charge in [-0.2, -0.15) is 0 Å². The maximum absolute atomic E-state index is 12.3. The molecule has 0 bridgehead atoms. The summed E-state index contributed by atoms with van der Waals surface area (Å²) >= 11 is 0. The largest absolute Gasteiger partial charge is 0.450 e. The monoisotopic (exact) mass is 420 g/mol. The molecule has 12 nitrogen and oxygen atoms in total. The minimum Gasteiger partial charge on any atom is -0.450 e. The lowest BCUT2D eigenvalue weighted by Crippen LogP contribution is -2.38. The molecule has 0 aliphatic carbocycles. The van der Waals surface area contributed by atoms with Crippen molar-refractivity contribution in [3.05, 3.63) is 62.7 Å². The number of nitrogens with one attached hydrogen (secondary N) is 1. The number of carbonyl (C=O) groups excluding carboxylic acids is 1. The molecule has 2 rings (SSSR count). The predicted molar refractivity (Wildman–Crippen MR) is 106 cm³/mol. The third-order valence-corrected chi connectivity index (χ3v) is 3.98. The maximum atomic E-state index is 12.3. The first-order chi connectivity index (χ1) is 14.2. The van der Waals surface area contributed by atoms with Crippen molar-refractivity contribution in [2.45, 2.75) is 6.29 Å². The van der Waals surface area contributed by atoms with E-state index in [1.807, 2.05) is 0 Å². The average molecular weight is 420 g/mol. The molecule has 0 aliphatic heterocycles. The Kier molecular flexibility index (Phi) is 7.61. The average Bonchev–Trinajstić information content (AvgIpc) is 2.73. The van der Waals surface area contributed by atoms with E-state index in [-0.39, 0.29) is 35.1 Å². The Labute approximate surface area is 171 Å². The number of nitro groups is 2. The number of nitrogens with zero attached hydrogens (tertiary/aromatic N) is 3. The summed E-state index contributed by atoms with van der Waals surface area (Å²) in [6.07, 6.45) is -0.618. The summed E-state index contributed by atoms with van der Waals surface area (Å²) in [5, 5.41) is 24.7. The summed E-state index contributed by atoms with van der Waals surface area (Å²) in [7, 11) is 4.39. The lowest BCUT2D eigenvalue weighted by atomic mass is 10.2. The Morgan fingerprint density at radius 1 is 1.07 bits per heavy atom. The lowest BCUT2D eigenvalue weighted by Gasteiger charge is -2.22.